The SMILES string of the molecule is NCc1nccn1Cc1ccc(F)cc1Cl. The molecule has 0 aliphatic heterocycles. The number of nitrogens with two attached hydrogens (primary N) is 1. The lowest BCUT2D eigenvalue weighted by Crippen LogP contribution is -2.09. The normalized spacial score (nSPS) is 10.7. The smallest absolute Gasteiger partial charge is 0.124 e. The number of hydrogen-bond donors (Lipinski definition) is 1. The van der Waals surface area contributed by atoms with E-state index in [9.17, 15) is 4.39 Å². The molecule has 1 aromatic heterocycles. The molecule has 16 heavy (non-hydrogen) atoms. The van der Waals surface area contributed by atoms with E-state index in [1.807, 2.05) is 10.8 Å². The van der Waals surface area contributed by atoms with Gasteiger partial charge in [-0.1, -0.05) is 17.7 Å². The zero-order valence-electron chi connectivity index (χ0n) is 8.53. The summed E-state index contributed by atoms with van der Waals surface area (Å²) in [5, 5.41) is 0.414. The van der Waals surface area contributed by atoms with Crippen LogP contribution < -0.4 is 5.73 Å². The van der Waals surface area contributed by atoms with Crippen molar-refractivity contribution in [1.82, 2.24) is 9.55 Å². The van der Waals surface area contributed by atoms with Gasteiger partial charge in [-0.2, -0.15) is 0 Å². The highest BCUT2D eigenvalue weighted by molar-refractivity contribution is 6.31. The first-order valence-corrected chi connectivity index (χ1v) is 5.22. The van der Waals surface area contributed by atoms with Crippen LogP contribution in [0.4, 0.5) is 4.39 Å². The lowest BCUT2D eigenvalue weighted by atomic mass is 10.2. The van der Waals surface area contributed by atoms with E-state index in [-0.39, 0.29) is 5.82 Å². The van der Waals surface area contributed by atoms with E-state index in [1.54, 1.807) is 12.3 Å². The van der Waals surface area contributed by atoms with Gasteiger partial charge in [0, 0.05) is 17.4 Å². The van der Waals surface area contributed by atoms with Crippen LogP contribution in [-0.2, 0) is 13.1 Å². The maximum Gasteiger partial charge on any atom is 0.124 e. The Kier molecular flexibility index (Phi) is 3.22. The minimum atomic E-state index is -0.335. The van der Waals surface area contributed by atoms with E-state index in [0.29, 0.717) is 18.1 Å². The van der Waals surface area contributed by atoms with E-state index in [2.05, 4.69) is 4.98 Å². The first-order valence-electron chi connectivity index (χ1n) is 4.84. The molecule has 0 radical (unpaired) electrons. The summed E-state index contributed by atoms with van der Waals surface area (Å²) < 4.78 is 14.7. The zero-order chi connectivity index (χ0) is 11.5. The Morgan fingerprint density at radius 1 is 1.44 bits per heavy atom. The molecule has 0 fully saturated rings. The lowest BCUT2D eigenvalue weighted by Gasteiger charge is -2.08. The van der Waals surface area contributed by atoms with Gasteiger partial charge in [0.1, 0.15) is 11.6 Å². The average Bonchev–Trinajstić information content (AvgIpc) is 2.69. The molecule has 1 heterocycles. The monoisotopic (exact) mass is 239 g/mol. The molecule has 1 aromatic carbocycles. The molecule has 0 saturated carbocycles. The topological polar surface area (TPSA) is 43.8 Å². The summed E-state index contributed by atoms with van der Waals surface area (Å²) >= 11 is 5.94. The fraction of sp³-hybridized carbons (Fsp3) is 0.182. The van der Waals surface area contributed by atoms with Crippen LogP contribution >= 0.6 is 11.6 Å². The quantitative estimate of drug-likeness (QED) is 0.892. The van der Waals surface area contributed by atoms with Gasteiger partial charge >= 0.3 is 0 Å². The fourth-order valence-electron chi connectivity index (χ4n) is 1.51. The van der Waals surface area contributed by atoms with Gasteiger partial charge in [-0.05, 0) is 17.7 Å². The molecular formula is C11H11ClFN3. The van der Waals surface area contributed by atoms with Gasteiger partial charge in [0.25, 0.3) is 0 Å². The van der Waals surface area contributed by atoms with Gasteiger partial charge in [0.2, 0.25) is 0 Å². The molecule has 3 nitrogen and oxygen atoms in total. The predicted molar refractivity (Wildman–Crippen MR) is 60.6 cm³/mol. The van der Waals surface area contributed by atoms with Crippen molar-refractivity contribution in [3.63, 3.8) is 0 Å². The van der Waals surface area contributed by atoms with Crippen molar-refractivity contribution in [2.45, 2.75) is 13.1 Å². The Hall–Kier alpha value is -1.39. The summed E-state index contributed by atoms with van der Waals surface area (Å²) in [6, 6.07) is 4.36. The average molecular weight is 240 g/mol. The highest BCUT2D eigenvalue weighted by Gasteiger charge is 2.05. The van der Waals surface area contributed by atoms with Crippen LogP contribution in [0.2, 0.25) is 5.02 Å². The molecule has 84 valence electrons. The summed E-state index contributed by atoms with van der Waals surface area (Å²) in [7, 11) is 0. The number of imidazole rings is 1. The number of nitrogens with zero attached hydrogens (tertiary/aromatic N) is 2. The van der Waals surface area contributed by atoms with Crippen LogP contribution in [0.15, 0.2) is 30.6 Å². The second kappa shape index (κ2) is 4.63. The van der Waals surface area contributed by atoms with Crippen LogP contribution in [0.3, 0.4) is 0 Å². The van der Waals surface area contributed by atoms with Crippen molar-refractivity contribution in [3.05, 3.63) is 52.8 Å². The van der Waals surface area contributed by atoms with Crippen molar-refractivity contribution in [3.8, 4) is 0 Å². The molecule has 0 unspecified atom stereocenters. The maximum atomic E-state index is 12.8. The lowest BCUT2D eigenvalue weighted by molar-refractivity contribution is 0.626. The molecule has 0 atom stereocenters. The van der Waals surface area contributed by atoms with Gasteiger partial charge in [0.05, 0.1) is 13.1 Å². The second-order valence-corrected chi connectivity index (χ2v) is 3.82. The molecule has 0 aliphatic rings. The zero-order valence-corrected chi connectivity index (χ0v) is 9.28. The largest absolute Gasteiger partial charge is 0.329 e. The minimum absolute atomic E-state index is 0.335. The minimum Gasteiger partial charge on any atom is -0.329 e. The molecule has 2 rings (SSSR count). The van der Waals surface area contributed by atoms with Gasteiger partial charge in [-0.3, -0.25) is 0 Å². The highest BCUT2D eigenvalue weighted by Crippen LogP contribution is 2.18. The van der Waals surface area contributed by atoms with Gasteiger partial charge < -0.3 is 10.3 Å². The Labute approximate surface area is 97.7 Å². The van der Waals surface area contributed by atoms with Gasteiger partial charge in [-0.25, -0.2) is 9.37 Å². The summed E-state index contributed by atoms with van der Waals surface area (Å²) in [5.74, 6) is 0.443. The molecule has 0 aliphatic carbocycles. The number of halogens is 2. The summed E-state index contributed by atoms with van der Waals surface area (Å²) in [6.45, 7) is 0.914. The Morgan fingerprint density at radius 3 is 2.94 bits per heavy atom. The first kappa shape index (κ1) is 11.1. The van der Waals surface area contributed by atoms with E-state index in [0.717, 1.165) is 11.4 Å². The Balaban J connectivity index is 2.27. The van der Waals surface area contributed by atoms with E-state index >= 15 is 0 Å². The molecule has 5 heteroatoms. The number of hydrogen-bond acceptors (Lipinski definition) is 2. The molecule has 2 N–H and O–H groups in total. The van der Waals surface area contributed by atoms with Crippen LogP contribution in [0.1, 0.15) is 11.4 Å². The van der Waals surface area contributed by atoms with Crippen LogP contribution in [0, 0.1) is 5.82 Å². The highest BCUT2D eigenvalue weighted by atomic mass is 35.5. The Morgan fingerprint density at radius 2 is 2.25 bits per heavy atom. The van der Waals surface area contributed by atoms with Crippen molar-refractivity contribution >= 4 is 11.6 Å². The van der Waals surface area contributed by atoms with E-state index < -0.39 is 0 Å². The third-order valence-electron chi connectivity index (χ3n) is 2.34. The van der Waals surface area contributed by atoms with Gasteiger partial charge in [-0.15, -0.1) is 0 Å². The molecule has 0 spiro atoms. The van der Waals surface area contributed by atoms with Crippen LogP contribution in [-0.4, -0.2) is 9.55 Å². The van der Waals surface area contributed by atoms with Crippen molar-refractivity contribution in [2.24, 2.45) is 5.73 Å². The van der Waals surface area contributed by atoms with Crippen LogP contribution in [0.5, 0.6) is 0 Å². The molecular weight excluding hydrogens is 229 g/mol. The standard InChI is InChI=1S/C11H11ClFN3/c12-10-5-9(13)2-1-8(10)7-16-4-3-15-11(16)6-14/h1-5H,6-7,14H2. The van der Waals surface area contributed by atoms with E-state index in [4.69, 9.17) is 17.3 Å². The number of aromatic nitrogens is 2. The van der Waals surface area contributed by atoms with Crippen molar-refractivity contribution in [2.75, 3.05) is 0 Å². The summed E-state index contributed by atoms with van der Waals surface area (Å²) in [4.78, 5) is 4.10. The third kappa shape index (κ3) is 2.23. The molecule has 0 amide bonds. The van der Waals surface area contributed by atoms with E-state index in [1.165, 1.54) is 12.1 Å². The second-order valence-electron chi connectivity index (χ2n) is 3.41. The summed E-state index contributed by atoms with van der Waals surface area (Å²) in [5.41, 5.74) is 6.38. The Bertz CT molecular complexity index is 496. The molecule has 2 aromatic rings. The predicted octanol–water partition coefficient (Wildman–Crippen LogP) is 2.18. The third-order valence-corrected chi connectivity index (χ3v) is 2.69. The molecule has 0 saturated heterocycles. The molecule has 0 bridgehead atoms. The van der Waals surface area contributed by atoms with Crippen molar-refractivity contribution < 1.29 is 4.39 Å². The fourth-order valence-corrected chi connectivity index (χ4v) is 1.73. The first-order chi connectivity index (χ1) is 7.70. The van der Waals surface area contributed by atoms with Crippen LogP contribution in [0.25, 0.3) is 0 Å². The van der Waals surface area contributed by atoms with Crippen molar-refractivity contribution in [1.29, 1.82) is 0 Å². The van der Waals surface area contributed by atoms with Gasteiger partial charge in [0.15, 0.2) is 0 Å². The maximum absolute atomic E-state index is 12.8. The number of benzene rings is 1. The number of rotatable bonds is 3. The summed E-state index contributed by atoms with van der Waals surface area (Å²) in [6.07, 6.45) is 3.50.